The average Bonchev–Trinajstić information content (AvgIpc) is 3.25. The van der Waals surface area contributed by atoms with E-state index in [9.17, 15) is 14.0 Å². The van der Waals surface area contributed by atoms with Crippen molar-refractivity contribution in [3.05, 3.63) is 60.4 Å². The van der Waals surface area contributed by atoms with Gasteiger partial charge in [-0.15, -0.1) is 0 Å². The summed E-state index contributed by atoms with van der Waals surface area (Å²) < 4.78 is 24.3. The maximum Gasteiger partial charge on any atom is 0.328 e. The minimum Gasteiger partial charge on any atom is -0.478 e. The van der Waals surface area contributed by atoms with Gasteiger partial charge in [0.1, 0.15) is 17.1 Å². The Morgan fingerprint density at radius 1 is 1.15 bits per heavy atom. The molecule has 0 aliphatic carbocycles. The lowest BCUT2D eigenvalue weighted by Crippen LogP contribution is -2.34. The first-order valence-electron chi connectivity index (χ1n) is 10.7. The molecule has 2 N–H and O–H groups in total. The molecule has 10 nitrogen and oxygen atoms in total. The fourth-order valence-electron chi connectivity index (χ4n) is 3.60. The number of rotatable bonds is 8. The van der Waals surface area contributed by atoms with Crippen molar-refractivity contribution in [3.8, 4) is 6.01 Å². The summed E-state index contributed by atoms with van der Waals surface area (Å²) in [4.78, 5) is 29.6. The van der Waals surface area contributed by atoms with E-state index in [1.165, 1.54) is 12.1 Å². The van der Waals surface area contributed by atoms with E-state index in [1.54, 1.807) is 24.5 Å². The minimum atomic E-state index is -1.26. The van der Waals surface area contributed by atoms with Crippen LogP contribution in [-0.4, -0.2) is 68.4 Å². The molecule has 0 bridgehead atoms. The fourth-order valence-corrected chi connectivity index (χ4v) is 3.60. The number of fused-ring (bicyclic) bond motifs is 1. The van der Waals surface area contributed by atoms with Crippen molar-refractivity contribution in [2.75, 3.05) is 26.2 Å². The Hall–Kier alpha value is -3.86. The summed E-state index contributed by atoms with van der Waals surface area (Å²) in [5, 5.41) is 20.6. The summed E-state index contributed by atoms with van der Waals surface area (Å²) >= 11 is 0. The molecule has 0 unspecified atom stereocenters. The van der Waals surface area contributed by atoms with Crippen LogP contribution in [0.3, 0.4) is 0 Å². The molecule has 180 valence electrons. The smallest absolute Gasteiger partial charge is 0.328 e. The van der Waals surface area contributed by atoms with Crippen molar-refractivity contribution in [1.82, 2.24) is 20.0 Å². The summed E-state index contributed by atoms with van der Waals surface area (Å²) in [5.74, 6) is -1.56. The number of aromatic nitrogens is 3. The van der Waals surface area contributed by atoms with E-state index in [0.717, 1.165) is 50.0 Å². The number of likely N-dealkylation sites (tertiary alicyclic amines) is 1. The van der Waals surface area contributed by atoms with Gasteiger partial charge in [0.2, 0.25) is 0 Å². The van der Waals surface area contributed by atoms with Crippen molar-refractivity contribution >= 4 is 22.8 Å². The van der Waals surface area contributed by atoms with Gasteiger partial charge in [0.05, 0.1) is 6.61 Å². The highest BCUT2D eigenvalue weighted by Gasteiger charge is 2.25. The Morgan fingerprint density at radius 3 is 2.47 bits per heavy atom. The highest BCUT2D eigenvalue weighted by Crippen LogP contribution is 2.33. The van der Waals surface area contributed by atoms with Crippen molar-refractivity contribution in [2.45, 2.75) is 25.2 Å². The van der Waals surface area contributed by atoms with Crippen molar-refractivity contribution in [3.63, 3.8) is 0 Å². The summed E-state index contributed by atoms with van der Waals surface area (Å²) in [6.07, 6.45) is 7.44. The Bertz CT molecular complexity index is 1100. The molecule has 0 atom stereocenters. The molecule has 4 rings (SSSR count). The second-order valence-corrected chi connectivity index (χ2v) is 7.57. The van der Waals surface area contributed by atoms with Crippen LogP contribution in [0.1, 0.15) is 30.9 Å². The first-order chi connectivity index (χ1) is 16.4. The SMILES string of the molecule is Fc1ccc2c(C3CCN(CCCOc4ncccn4)CC3)onc2c1.O=C(O)/C=C/C(=O)O. The van der Waals surface area contributed by atoms with Crippen LogP contribution < -0.4 is 4.74 Å². The third-order valence-electron chi connectivity index (χ3n) is 5.19. The van der Waals surface area contributed by atoms with Gasteiger partial charge in [-0.2, -0.15) is 0 Å². The molecule has 1 saturated heterocycles. The number of carboxylic acid groups (broad SMARTS) is 2. The van der Waals surface area contributed by atoms with Crippen LogP contribution in [0.4, 0.5) is 4.39 Å². The van der Waals surface area contributed by atoms with Crippen LogP contribution >= 0.6 is 0 Å². The number of aliphatic carboxylic acids is 2. The topological polar surface area (TPSA) is 139 Å². The number of piperidine rings is 1. The summed E-state index contributed by atoms with van der Waals surface area (Å²) in [7, 11) is 0. The predicted octanol–water partition coefficient (Wildman–Crippen LogP) is 3.12. The zero-order valence-electron chi connectivity index (χ0n) is 18.3. The lowest BCUT2D eigenvalue weighted by atomic mass is 9.92. The van der Waals surface area contributed by atoms with Gasteiger partial charge in [-0.05, 0) is 50.6 Å². The molecule has 3 heterocycles. The third-order valence-corrected chi connectivity index (χ3v) is 5.19. The molecule has 34 heavy (non-hydrogen) atoms. The molecular formula is C23H25FN4O6. The third kappa shape index (κ3) is 7.62. The number of carbonyl (C=O) groups is 2. The quantitative estimate of drug-likeness (QED) is 0.371. The molecule has 1 aliphatic rings. The van der Waals surface area contributed by atoms with Gasteiger partial charge in [-0.1, -0.05) is 5.16 Å². The number of hydrogen-bond acceptors (Lipinski definition) is 8. The van der Waals surface area contributed by atoms with Gasteiger partial charge in [-0.3, -0.25) is 0 Å². The first kappa shape index (κ1) is 24.8. The summed E-state index contributed by atoms with van der Waals surface area (Å²) in [6.45, 7) is 3.62. The van der Waals surface area contributed by atoms with Crippen LogP contribution in [0, 0.1) is 5.82 Å². The Kier molecular flexibility index (Phi) is 9.04. The second-order valence-electron chi connectivity index (χ2n) is 7.57. The number of halogens is 1. The van der Waals surface area contributed by atoms with E-state index < -0.39 is 11.9 Å². The van der Waals surface area contributed by atoms with Gasteiger partial charge in [0.15, 0.2) is 0 Å². The highest BCUT2D eigenvalue weighted by atomic mass is 19.1. The summed E-state index contributed by atoms with van der Waals surface area (Å²) in [6, 6.07) is 6.86. The summed E-state index contributed by atoms with van der Waals surface area (Å²) in [5.41, 5.74) is 0.600. The number of benzene rings is 1. The van der Waals surface area contributed by atoms with Crippen LogP contribution in [0.25, 0.3) is 10.9 Å². The molecule has 1 aliphatic heterocycles. The molecule has 0 spiro atoms. The average molecular weight is 472 g/mol. The molecule has 1 aromatic carbocycles. The Balaban J connectivity index is 0.000000350. The molecule has 0 radical (unpaired) electrons. The van der Waals surface area contributed by atoms with Gasteiger partial charge in [-0.25, -0.2) is 23.9 Å². The van der Waals surface area contributed by atoms with Gasteiger partial charge < -0.3 is 24.4 Å². The number of nitrogens with zero attached hydrogens (tertiary/aromatic N) is 4. The van der Waals surface area contributed by atoms with E-state index in [-0.39, 0.29) is 5.82 Å². The van der Waals surface area contributed by atoms with Crippen molar-refractivity contribution in [1.29, 1.82) is 0 Å². The van der Waals surface area contributed by atoms with Gasteiger partial charge in [0.25, 0.3) is 0 Å². The fraction of sp³-hybridized carbons (Fsp3) is 0.348. The lowest BCUT2D eigenvalue weighted by Gasteiger charge is -2.30. The Labute approximate surface area is 194 Å². The minimum absolute atomic E-state index is 0.282. The van der Waals surface area contributed by atoms with E-state index in [0.29, 0.717) is 36.2 Å². The predicted molar refractivity (Wildman–Crippen MR) is 119 cm³/mol. The van der Waals surface area contributed by atoms with Crippen LogP contribution in [-0.2, 0) is 9.59 Å². The van der Waals surface area contributed by atoms with Gasteiger partial charge >= 0.3 is 17.9 Å². The monoisotopic (exact) mass is 472 g/mol. The van der Waals surface area contributed by atoms with Crippen molar-refractivity contribution in [2.24, 2.45) is 0 Å². The normalized spacial score (nSPS) is 14.6. The standard InChI is InChI=1S/C19H21FN4O2.C4H4O4/c20-15-3-4-16-17(13-15)23-26-18(16)14-5-10-24(11-6-14)9-2-12-25-19-21-7-1-8-22-19;5-3(6)1-2-4(7)8/h1,3-4,7-8,13-14H,2,5-6,9-12H2;1-2H,(H,5,6)(H,7,8)/b;2-1+. The van der Waals surface area contributed by atoms with Crippen LogP contribution in [0.2, 0.25) is 0 Å². The van der Waals surface area contributed by atoms with E-state index in [1.807, 2.05) is 0 Å². The molecular weight excluding hydrogens is 447 g/mol. The number of hydrogen-bond donors (Lipinski definition) is 2. The number of ether oxygens (including phenoxy) is 1. The molecule has 3 aromatic rings. The molecule has 1 fully saturated rings. The maximum absolute atomic E-state index is 13.3. The van der Waals surface area contributed by atoms with Crippen LogP contribution in [0.5, 0.6) is 6.01 Å². The molecule has 0 amide bonds. The maximum atomic E-state index is 13.3. The second kappa shape index (κ2) is 12.4. The highest BCUT2D eigenvalue weighted by molar-refractivity contribution is 5.89. The van der Waals surface area contributed by atoms with Crippen molar-refractivity contribution < 1.29 is 33.5 Å². The zero-order valence-corrected chi connectivity index (χ0v) is 18.3. The van der Waals surface area contributed by atoms with E-state index >= 15 is 0 Å². The largest absolute Gasteiger partial charge is 0.478 e. The van der Waals surface area contributed by atoms with E-state index in [2.05, 4.69) is 20.0 Å². The lowest BCUT2D eigenvalue weighted by molar-refractivity contribution is -0.134. The zero-order chi connectivity index (χ0) is 24.3. The molecule has 11 heteroatoms. The Morgan fingerprint density at radius 2 is 1.82 bits per heavy atom. The molecule has 0 saturated carbocycles. The first-order valence-corrected chi connectivity index (χ1v) is 10.7. The van der Waals surface area contributed by atoms with E-state index in [4.69, 9.17) is 19.5 Å². The van der Waals surface area contributed by atoms with Gasteiger partial charge in [0, 0.05) is 48.5 Å². The number of carboxylic acids is 2. The molecule has 2 aromatic heterocycles. The van der Waals surface area contributed by atoms with Crippen LogP contribution in [0.15, 0.2) is 53.3 Å².